The van der Waals surface area contributed by atoms with E-state index in [4.69, 9.17) is 4.99 Å². The molecule has 2 unspecified atom stereocenters. The zero-order valence-electron chi connectivity index (χ0n) is 19.0. The van der Waals surface area contributed by atoms with Crippen LogP contribution in [0.4, 0.5) is 4.79 Å². The van der Waals surface area contributed by atoms with E-state index in [2.05, 4.69) is 44.0 Å². The van der Waals surface area contributed by atoms with E-state index in [1.54, 1.807) is 37.0 Å². The third kappa shape index (κ3) is 3.92. The highest BCUT2D eigenvalue weighted by molar-refractivity contribution is 7.99. The Labute approximate surface area is 197 Å². The van der Waals surface area contributed by atoms with Gasteiger partial charge in [-0.1, -0.05) is 36.0 Å². The molecule has 2 atom stereocenters. The lowest BCUT2D eigenvalue weighted by Crippen LogP contribution is -2.64. The maximum atomic E-state index is 13.2. The van der Waals surface area contributed by atoms with Gasteiger partial charge in [0.25, 0.3) is 5.91 Å². The number of amides is 3. The van der Waals surface area contributed by atoms with E-state index in [-0.39, 0.29) is 11.9 Å². The van der Waals surface area contributed by atoms with Gasteiger partial charge in [0.1, 0.15) is 0 Å². The van der Waals surface area contributed by atoms with E-state index in [9.17, 15) is 9.59 Å². The topological polar surface area (TPSA) is 85.2 Å². The number of carbonyl (C=O) groups is 2. The van der Waals surface area contributed by atoms with Crippen molar-refractivity contribution < 1.29 is 9.59 Å². The quantitative estimate of drug-likeness (QED) is 0.503. The summed E-state index contributed by atoms with van der Waals surface area (Å²) in [5.41, 5.74) is 3.55. The number of benzene rings is 1. The molecule has 0 N–H and O–H groups in total. The van der Waals surface area contributed by atoms with Crippen molar-refractivity contribution in [2.75, 3.05) is 32.9 Å². The molecule has 172 valence electrons. The molecule has 0 bridgehead atoms. The van der Waals surface area contributed by atoms with Crippen LogP contribution in [-0.4, -0.2) is 92.6 Å². The fourth-order valence-electron chi connectivity index (χ4n) is 4.65. The molecule has 5 rings (SSSR count). The van der Waals surface area contributed by atoms with Gasteiger partial charge in [-0.3, -0.25) is 9.69 Å². The van der Waals surface area contributed by atoms with Crippen LogP contribution in [0.15, 0.2) is 46.7 Å². The van der Waals surface area contributed by atoms with Crippen LogP contribution in [0.25, 0.3) is 0 Å². The highest BCUT2D eigenvalue weighted by Crippen LogP contribution is 2.31. The van der Waals surface area contributed by atoms with Crippen molar-refractivity contribution in [3.63, 3.8) is 0 Å². The smallest absolute Gasteiger partial charge is 0.328 e. The van der Waals surface area contributed by atoms with Gasteiger partial charge in [0.2, 0.25) is 0 Å². The predicted molar refractivity (Wildman–Crippen MR) is 126 cm³/mol. The van der Waals surface area contributed by atoms with Crippen molar-refractivity contribution in [2.45, 2.75) is 37.3 Å². The first-order valence-electron chi connectivity index (χ1n) is 11.1. The summed E-state index contributed by atoms with van der Waals surface area (Å²) in [5, 5.41) is 0.718. The van der Waals surface area contributed by atoms with Crippen LogP contribution in [0.3, 0.4) is 0 Å². The first kappa shape index (κ1) is 21.7. The van der Waals surface area contributed by atoms with Crippen LogP contribution >= 0.6 is 11.8 Å². The Morgan fingerprint density at radius 3 is 2.70 bits per heavy atom. The molecule has 3 aliphatic heterocycles. The monoisotopic (exact) mass is 465 g/mol. The van der Waals surface area contributed by atoms with Crippen molar-refractivity contribution in [2.24, 2.45) is 4.99 Å². The summed E-state index contributed by atoms with van der Waals surface area (Å²) < 4.78 is 0. The number of aryl methyl sites for hydroxylation is 1. The molecule has 2 aromatic rings. The molecule has 0 spiro atoms. The number of aromatic nitrogens is 2. The summed E-state index contributed by atoms with van der Waals surface area (Å²) in [6, 6.07) is 9.47. The summed E-state index contributed by atoms with van der Waals surface area (Å²) in [6.45, 7) is 4.10. The highest BCUT2D eigenvalue weighted by atomic mass is 32.2. The normalized spacial score (nSPS) is 22.5. The summed E-state index contributed by atoms with van der Waals surface area (Å²) >= 11 is 1.56. The van der Waals surface area contributed by atoms with E-state index < -0.39 is 12.2 Å². The van der Waals surface area contributed by atoms with Crippen LogP contribution in [0.5, 0.6) is 0 Å². The number of thioether (sulfide) groups is 1. The molecule has 4 heterocycles. The standard InChI is InChI=1S/C23H27N7O2S/c1-15-8-10-24-21(25-15)33-13-12-30-18-19(27(2)23(32)28(3)20(18)31)26-22(30)29-11-9-16-6-4-5-7-17(16)14-29/h4-8,10,18-19H,9,11-14H2,1-3H3. The van der Waals surface area contributed by atoms with Gasteiger partial charge < -0.3 is 14.7 Å². The third-order valence-electron chi connectivity index (χ3n) is 6.44. The molecule has 1 fully saturated rings. The number of guanidine groups is 1. The van der Waals surface area contributed by atoms with Gasteiger partial charge in [0.15, 0.2) is 23.3 Å². The van der Waals surface area contributed by atoms with Gasteiger partial charge in [-0.2, -0.15) is 0 Å². The number of rotatable bonds is 4. The minimum Gasteiger partial charge on any atom is -0.338 e. The van der Waals surface area contributed by atoms with Crippen molar-refractivity contribution in [1.29, 1.82) is 0 Å². The van der Waals surface area contributed by atoms with Crippen LogP contribution < -0.4 is 0 Å². The Morgan fingerprint density at radius 1 is 1.12 bits per heavy atom. The molecule has 1 saturated heterocycles. The molecule has 1 aromatic carbocycles. The maximum Gasteiger partial charge on any atom is 0.328 e. The number of aliphatic imine (C=N–C) groups is 1. The van der Waals surface area contributed by atoms with Crippen LogP contribution in [-0.2, 0) is 17.8 Å². The molecule has 1 aromatic heterocycles. The summed E-state index contributed by atoms with van der Waals surface area (Å²) in [5.74, 6) is 1.27. The van der Waals surface area contributed by atoms with Crippen LogP contribution in [0.1, 0.15) is 16.8 Å². The molecule has 3 amide bonds. The fourth-order valence-corrected chi connectivity index (χ4v) is 5.46. The average Bonchev–Trinajstić information content (AvgIpc) is 3.21. The maximum absolute atomic E-state index is 13.2. The zero-order valence-corrected chi connectivity index (χ0v) is 19.8. The van der Waals surface area contributed by atoms with Gasteiger partial charge in [-0.15, -0.1) is 0 Å². The van der Waals surface area contributed by atoms with E-state index >= 15 is 0 Å². The van der Waals surface area contributed by atoms with E-state index in [1.165, 1.54) is 16.0 Å². The van der Waals surface area contributed by atoms with Crippen LogP contribution in [0.2, 0.25) is 0 Å². The van der Waals surface area contributed by atoms with Crippen molar-refractivity contribution in [1.82, 2.24) is 29.6 Å². The molecular weight excluding hydrogens is 438 g/mol. The first-order valence-corrected chi connectivity index (χ1v) is 12.1. The lowest BCUT2D eigenvalue weighted by molar-refractivity contribution is -0.136. The molecule has 33 heavy (non-hydrogen) atoms. The number of urea groups is 1. The minimum absolute atomic E-state index is 0.212. The highest BCUT2D eigenvalue weighted by Gasteiger charge is 2.51. The van der Waals surface area contributed by atoms with Crippen LogP contribution in [0, 0.1) is 6.92 Å². The molecule has 3 aliphatic rings. The summed E-state index contributed by atoms with van der Waals surface area (Å²) in [6.07, 6.45) is 2.16. The van der Waals surface area contributed by atoms with Gasteiger partial charge in [-0.25, -0.2) is 19.8 Å². The van der Waals surface area contributed by atoms with Gasteiger partial charge in [0, 0.05) is 51.4 Å². The van der Waals surface area contributed by atoms with Crippen molar-refractivity contribution in [3.05, 3.63) is 53.3 Å². The molecule has 9 nitrogen and oxygen atoms in total. The second-order valence-electron chi connectivity index (χ2n) is 8.54. The Hall–Kier alpha value is -3.14. The predicted octanol–water partition coefficient (Wildman–Crippen LogP) is 1.83. The SMILES string of the molecule is Cc1ccnc(SCCN2C(N3CCc4ccccc4C3)=NC3C2C(=O)N(C)C(=O)N3C)n1. The molecule has 10 heteroatoms. The molecular formula is C23H27N7O2S. The number of likely N-dealkylation sites (N-methyl/N-ethyl adjacent to an activating group) is 2. The number of nitrogens with zero attached hydrogens (tertiary/aromatic N) is 7. The Morgan fingerprint density at radius 2 is 1.91 bits per heavy atom. The lowest BCUT2D eigenvalue weighted by atomic mass is 10.0. The third-order valence-corrected chi connectivity index (χ3v) is 7.28. The second kappa shape index (κ2) is 8.66. The van der Waals surface area contributed by atoms with Gasteiger partial charge in [-0.05, 0) is 30.5 Å². The Balaban J connectivity index is 1.41. The number of fused-ring (bicyclic) bond motifs is 2. The van der Waals surface area contributed by atoms with Gasteiger partial charge in [0.05, 0.1) is 0 Å². The number of hydrogen-bond acceptors (Lipinski definition) is 8. The van der Waals surface area contributed by atoms with E-state index in [1.807, 2.05) is 13.0 Å². The lowest BCUT2D eigenvalue weighted by Gasteiger charge is -2.41. The summed E-state index contributed by atoms with van der Waals surface area (Å²) in [4.78, 5) is 46.6. The second-order valence-corrected chi connectivity index (χ2v) is 9.60. The fraction of sp³-hybridized carbons (Fsp3) is 0.435. The first-order chi connectivity index (χ1) is 15.9. The molecule has 0 aliphatic carbocycles. The number of carbonyl (C=O) groups excluding carboxylic acids is 2. The average molecular weight is 466 g/mol. The molecule has 0 saturated carbocycles. The number of hydrogen-bond donors (Lipinski definition) is 0. The van der Waals surface area contributed by atoms with E-state index in [0.717, 1.165) is 36.3 Å². The summed E-state index contributed by atoms with van der Waals surface area (Å²) in [7, 11) is 3.26. The van der Waals surface area contributed by atoms with Crippen molar-refractivity contribution >= 4 is 29.7 Å². The minimum atomic E-state index is -0.524. The van der Waals surface area contributed by atoms with Gasteiger partial charge >= 0.3 is 6.03 Å². The number of imide groups is 1. The largest absolute Gasteiger partial charge is 0.338 e. The van der Waals surface area contributed by atoms with Crippen molar-refractivity contribution in [3.8, 4) is 0 Å². The van der Waals surface area contributed by atoms with E-state index in [0.29, 0.717) is 12.3 Å². The molecule has 0 radical (unpaired) electrons. The zero-order chi connectivity index (χ0) is 23.1. The Bertz CT molecular complexity index is 1120. The Kier molecular flexibility index (Phi) is 5.69.